The minimum Gasteiger partial charge on any atom is -0.490 e. The first-order valence-electron chi connectivity index (χ1n) is 6.77. The van der Waals surface area contributed by atoms with Crippen LogP contribution in [0.3, 0.4) is 0 Å². The number of rotatable bonds is 4. The Hall–Kier alpha value is -2.24. The van der Waals surface area contributed by atoms with Gasteiger partial charge in [-0.05, 0) is 30.3 Å². The molecule has 3 aromatic rings. The number of aromatic nitrogens is 1. The van der Waals surface area contributed by atoms with Gasteiger partial charge in [-0.2, -0.15) is 0 Å². The van der Waals surface area contributed by atoms with E-state index in [1.807, 2.05) is 0 Å². The molecule has 118 valence electrons. The molecule has 0 aliphatic carbocycles. The maximum absolute atomic E-state index is 11.9. The molecule has 7 heteroatoms. The van der Waals surface area contributed by atoms with Crippen LogP contribution in [-0.4, -0.2) is 11.2 Å². The van der Waals surface area contributed by atoms with Crippen LogP contribution in [0, 0.1) is 0 Å². The number of hydrogen-bond donors (Lipinski definition) is 0. The molecule has 0 saturated heterocycles. The fourth-order valence-electron chi connectivity index (χ4n) is 2.22. The van der Waals surface area contributed by atoms with Gasteiger partial charge in [-0.15, -0.1) is 0 Å². The summed E-state index contributed by atoms with van der Waals surface area (Å²) in [5.41, 5.74) is -0.150. The van der Waals surface area contributed by atoms with Crippen LogP contribution in [0.2, 0.25) is 10.0 Å². The normalized spacial score (nSPS) is 10.9. The molecular weight excluding hydrogens is 341 g/mol. The lowest BCUT2D eigenvalue weighted by atomic mass is 10.2. The Bertz CT molecular complexity index is 978. The molecule has 0 fully saturated rings. The minimum absolute atomic E-state index is 0.180. The summed E-state index contributed by atoms with van der Waals surface area (Å²) in [5, 5.41) is 1.24. The van der Waals surface area contributed by atoms with Crippen molar-refractivity contribution in [1.29, 1.82) is 0 Å². The molecule has 1 heterocycles. The average Bonchev–Trinajstić information content (AvgIpc) is 2.52. The molecule has 0 atom stereocenters. The number of halogens is 2. The molecule has 0 amide bonds. The summed E-state index contributed by atoms with van der Waals surface area (Å²) in [6, 6.07) is 11.6. The second kappa shape index (κ2) is 6.48. The summed E-state index contributed by atoms with van der Waals surface area (Å²) in [6.07, 6.45) is 0. The smallest absolute Gasteiger partial charge is 0.422 e. The molecule has 0 spiro atoms. The first-order valence-corrected chi connectivity index (χ1v) is 7.52. The Morgan fingerprint density at radius 3 is 2.65 bits per heavy atom. The zero-order valence-electron chi connectivity index (χ0n) is 11.8. The van der Waals surface area contributed by atoms with E-state index in [1.54, 1.807) is 42.5 Å². The van der Waals surface area contributed by atoms with E-state index in [-0.39, 0.29) is 13.2 Å². The highest BCUT2D eigenvalue weighted by atomic mass is 35.5. The van der Waals surface area contributed by atoms with E-state index in [2.05, 4.69) is 0 Å². The van der Waals surface area contributed by atoms with E-state index in [0.717, 1.165) is 0 Å². The summed E-state index contributed by atoms with van der Waals surface area (Å²) >= 11 is 11.8. The lowest BCUT2D eigenvalue weighted by molar-refractivity contribution is 0.287. The van der Waals surface area contributed by atoms with Crippen molar-refractivity contribution >= 4 is 34.1 Å². The molecule has 0 unspecified atom stereocenters. The average molecular weight is 352 g/mol. The van der Waals surface area contributed by atoms with Gasteiger partial charge in [-0.1, -0.05) is 35.3 Å². The molecule has 0 bridgehead atoms. The van der Waals surface area contributed by atoms with Gasteiger partial charge in [0.15, 0.2) is 0 Å². The number of fused-ring (bicyclic) bond motifs is 1. The van der Waals surface area contributed by atoms with Gasteiger partial charge >= 0.3 is 11.4 Å². The van der Waals surface area contributed by atoms with E-state index in [9.17, 15) is 9.59 Å². The third-order valence-electron chi connectivity index (χ3n) is 3.28. The van der Waals surface area contributed by atoms with Gasteiger partial charge in [0, 0.05) is 5.02 Å². The summed E-state index contributed by atoms with van der Waals surface area (Å²) in [7, 11) is 0. The molecule has 5 nitrogen and oxygen atoms in total. The molecule has 0 aliphatic heterocycles. The van der Waals surface area contributed by atoms with Gasteiger partial charge in [0.25, 0.3) is 0 Å². The monoisotopic (exact) mass is 351 g/mol. The highest BCUT2D eigenvalue weighted by Gasteiger charge is 2.09. The molecule has 0 N–H and O–H groups in total. The van der Waals surface area contributed by atoms with Gasteiger partial charge in [0.05, 0.1) is 22.5 Å². The Morgan fingerprint density at radius 2 is 1.87 bits per heavy atom. The lowest BCUT2D eigenvalue weighted by Gasteiger charge is -2.11. The van der Waals surface area contributed by atoms with Crippen LogP contribution < -0.4 is 16.1 Å². The van der Waals surface area contributed by atoms with Gasteiger partial charge in [0.1, 0.15) is 12.4 Å². The molecule has 1 aromatic heterocycles. The zero-order valence-corrected chi connectivity index (χ0v) is 13.3. The largest absolute Gasteiger partial charge is 0.490 e. The van der Waals surface area contributed by atoms with E-state index < -0.39 is 11.4 Å². The molecule has 0 aliphatic rings. The Balaban J connectivity index is 1.85. The molecule has 0 saturated carbocycles. The summed E-state index contributed by atoms with van der Waals surface area (Å²) in [4.78, 5) is 23.6. The molecule has 2 aromatic carbocycles. The van der Waals surface area contributed by atoms with Crippen LogP contribution in [0.15, 0.2) is 56.5 Å². The zero-order chi connectivity index (χ0) is 16.4. The summed E-state index contributed by atoms with van der Waals surface area (Å²) < 4.78 is 11.6. The Kier molecular flexibility index (Phi) is 4.41. The Morgan fingerprint density at radius 1 is 1.09 bits per heavy atom. The first kappa shape index (κ1) is 15.6. The second-order valence-electron chi connectivity index (χ2n) is 4.75. The standard InChI is InChI=1S/C16H11Cl2NO4/c17-10-5-6-14(12(18)9-10)22-8-7-19-13-4-2-1-3-11(13)15(20)23-16(19)21/h1-6,9H,7-8H2. The maximum Gasteiger partial charge on any atom is 0.422 e. The van der Waals surface area contributed by atoms with Crippen molar-refractivity contribution in [1.82, 2.24) is 4.57 Å². The summed E-state index contributed by atoms with van der Waals surface area (Å²) in [5.74, 6) is -0.259. The lowest BCUT2D eigenvalue weighted by Crippen LogP contribution is -2.27. The molecule has 23 heavy (non-hydrogen) atoms. The third-order valence-corrected chi connectivity index (χ3v) is 3.81. The van der Waals surface area contributed by atoms with Crippen LogP contribution >= 0.6 is 23.2 Å². The van der Waals surface area contributed by atoms with Gasteiger partial charge in [0.2, 0.25) is 0 Å². The van der Waals surface area contributed by atoms with Crippen molar-refractivity contribution in [3.63, 3.8) is 0 Å². The van der Waals surface area contributed by atoms with E-state index in [1.165, 1.54) is 4.57 Å². The second-order valence-corrected chi connectivity index (χ2v) is 5.59. The van der Waals surface area contributed by atoms with Crippen LogP contribution in [0.4, 0.5) is 0 Å². The number of ether oxygens (including phenoxy) is 1. The highest BCUT2D eigenvalue weighted by molar-refractivity contribution is 6.35. The van der Waals surface area contributed by atoms with Crippen molar-refractivity contribution in [2.45, 2.75) is 6.54 Å². The van der Waals surface area contributed by atoms with Gasteiger partial charge in [-0.3, -0.25) is 4.57 Å². The topological polar surface area (TPSA) is 61.4 Å². The van der Waals surface area contributed by atoms with Gasteiger partial charge < -0.3 is 9.15 Å². The van der Waals surface area contributed by atoms with E-state index >= 15 is 0 Å². The van der Waals surface area contributed by atoms with Crippen molar-refractivity contribution in [3.8, 4) is 5.75 Å². The van der Waals surface area contributed by atoms with Crippen LogP contribution in [0.1, 0.15) is 0 Å². The summed E-state index contributed by atoms with van der Waals surface area (Å²) in [6.45, 7) is 0.390. The Labute approximate surface area is 140 Å². The third kappa shape index (κ3) is 3.25. The number of benzene rings is 2. The molecular formula is C16H11Cl2NO4. The maximum atomic E-state index is 11.9. The fraction of sp³-hybridized carbons (Fsp3) is 0.125. The first-order chi connectivity index (χ1) is 11.1. The van der Waals surface area contributed by atoms with E-state index in [4.69, 9.17) is 32.4 Å². The predicted octanol–water partition coefficient (Wildman–Crippen LogP) is 3.34. The van der Waals surface area contributed by atoms with Crippen molar-refractivity contribution < 1.29 is 9.15 Å². The molecule has 3 rings (SSSR count). The van der Waals surface area contributed by atoms with Crippen LogP contribution in [0.5, 0.6) is 5.75 Å². The predicted molar refractivity (Wildman–Crippen MR) is 88.7 cm³/mol. The van der Waals surface area contributed by atoms with Crippen molar-refractivity contribution in [2.24, 2.45) is 0 Å². The minimum atomic E-state index is -0.723. The number of nitrogens with zero attached hydrogens (tertiary/aromatic N) is 1. The van der Waals surface area contributed by atoms with E-state index in [0.29, 0.717) is 26.7 Å². The van der Waals surface area contributed by atoms with Crippen molar-refractivity contribution in [2.75, 3.05) is 6.61 Å². The number of hydrogen-bond acceptors (Lipinski definition) is 4. The quantitative estimate of drug-likeness (QED) is 0.723. The fourth-order valence-corrected chi connectivity index (χ4v) is 2.68. The van der Waals surface area contributed by atoms with Crippen molar-refractivity contribution in [3.05, 3.63) is 73.5 Å². The number of para-hydroxylation sites is 1. The molecule has 0 radical (unpaired) electrons. The van der Waals surface area contributed by atoms with Crippen LogP contribution in [0.25, 0.3) is 10.9 Å². The van der Waals surface area contributed by atoms with Gasteiger partial charge in [-0.25, -0.2) is 9.59 Å². The SMILES string of the molecule is O=c1oc(=O)n(CCOc2ccc(Cl)cc2Cl)c2ccccc12. The highest BCUT2D eigenvalue weighted by Crippen LogP contribution is 2.27. The van der Waals surface area contributed by atoms with Crippen LogP contribution in [-0.2, 0) is 6.54 Å².